The molecule has 1 aromatic carbocycles. The Morgan fingerprint density at radius 3 is 2.50 bits per heavy atom. The van der Waals surface area contributed by atoms with Gasteiger partial charge >= 0.3 is 5.69 Å². The van der Waals surface area contributed by atoms with Gasteiger partial charge in [0.15, 0.2) is 0 Å². The molecule has 138 valence electrons. The van der Waals surface area contributed by atoms with Crippen LogP contribution in [0.3, 0.4) is 0 Å². The van der Waals surface area contributed by atoms with Crippen molar-refractivity contribution in [2.75, 3.05) is 19.6 Å². The normalized spacial score (nSPS) is 15.1. The Hall–Kier alpha value is -2.52. The first kappa shape index (κ1) is 18.3. The highest BCUT2D eigenvalue weighted by atomic mass is 32.2. The molecular formula is C17H20N4O4S. The van der Waals surface area contributed by atoms with Gasteiger partial charge in [-0.3, -0.25) is 9.36 Å². The van der Waals surface area contributed by atoms with Crippen LogP contribution in [0, 0.1) is 0 Å². The summed E-state index contributed by atoms with van der Waals surface area (Å²) in [5.74, 6) is -0.327. The van der Waals surface area contributed by atoms with E-state index in [-0.39, 0.29) is 23.0 Å². The second-order valence-corrected chi connectivity index (χ2v) is 7.93. The summed E-state index contributed by atoms with van der Waals surface area (Å²) in [6.07, 6.45) is 4.76. The first-order chi connectivity index (χ1) is 12.5. The maximum atomic E-state index is 12.5. The van der Waals surface area contributed by atoms with E-state index < -0.39 is 10.0 Å². The van der Waals surface area contributed by atoms with Crippen molar-refractivity contribution in [3.05, 3.63) is 58.8 Å². The van der Waals surface area contributed by atoms with Gasteiger partial charge in [-0.1, -0.05) is 0 Å². The topological polar surface area (TPSA) is 101 Å². The molecule has 1 amide bonds. The van der Waals surface area contributed by atoms with Gasteiger partial charge in [-0.2, -0.15) is 4.31 Å². The summed E-state index contributed by atoms with van der Waals surface area (Å²) in [5.41, 5.74) is -0.0119. The average Bonchev–Trinajstić information content (AvgIpc) is 3.19. The number of carbonyl (C=O) groups excluding carboxylic acids is 1. The molecule has 0 unspecified atom stereocenters. The third-order valence-corrected chi connectivity index (χ3v) is 6.15. The van der Waals surface area contributed by atoms with Gasteiger partial charge in [-0.15, -0.1) is 0 Å². The number of hydrogen-bond donors (Lipinski definition) is 1. The molecule has 2 aromatic rings. The molecule has 0 aliphatic carbocycles. The van der Waals surface area contributed by atoms with E-state index in [1.165, 1.54) is 39.3 Å². The summed E-state index contributed by atoms with van der Waals surface area (Å²) in [4.78, 5) is 27.5. The Labute approximate surface area is 151 Å². The third kappa shape index (κ3) is 4.00. The zero-order valence-electron chi connectivity index (χ0n) is 14.2. The molecule has 1 saturated heterocycles. The number of carbonyl (C=O) groups is 1. The van der Waals surface area contributed by atoms with Crippen molar-refractivity contribution in [2.24, 2.45) is 0 Å². The van der Waals surface area contributed by atoms with Crippen molar-refractivity contribution in [1.82, 2.24) is 19.2 Å². The van der Waals surface area contributed by atoms with Gasteiger partial charge in [-0.05, 0) is 43.2 Å². The fourth-order valence-electron chi connectivity index (χ4n) is 2.81. The Bertz CT molecular complexity index is 932. The molecule has 2 heterocycles. The van der Waals surface area contributed by atoms with Crippen LogP contribution in [0.25, 0.3) is 0 Å². The Morgan fingerprint density at radius 1 is 1.15 bits per heavy atom. The minimum absolute atomic E-state index is 0.192. The fraction of sp³-hybridized carbons (Fsp3) is 0.353. The lowest BCUT2D eigenvalue weighted by Crippen LogP contribution is -2.31. The van der Waals surface area contributed by atoms with Crippen molar-refractivity contribution >= 4 is 15.9 Å². The number of nitrogens with zero attached hydrogens (tertiary/aromatic N) is 3. The number of benzene rings is 1. The maximum Gasteiger partial charge on any atom is 0.347 e. The van der Waals surface area contributed by atoms with Gasteiger partial charge in [0, 0.05) is 44.1 Å². The maximum absolute atomic E-state index is 12.5. The van der Waals surface area contributed by atoms with Crippen LogP contribution in [0.2, 0.25) is 0 Å². The zero-order valence-corrected chi connectivity index (χ0v) is 15.0. The number of nitrogens with one attached hydrogen (secondary N) is 1. The number of rotatable bonds is 6. The molecule has 8 nitrogen and oxygen atoms in total. The average molecular weight is 376 g/mol. The highest BCUT2D eigenvalue weighted by molar-refractivity contribution is 7.89. The highest BCUT2D eigenvalue weighted by Crippen LogP contribution is 2.21. The molecule has 0 atom stereocenters. The highest BCUT2D eigenvalue weighted by Gasteiger charge is 2.27. The van der Waals surface area contributed by atoms with Crippen LogP contribution < -0.4 is 11.0 Å². The van der Waals surface area contributed by atoms with E-state index in [1.807, 2.05) is 0 Å². The molecule has 0 bridgehead atoms. The molecule has 1 fully saturated rings. The summed E-state index contributed by atoms with van der Waals surface area (Å²) >= 11 is 0. The minimum atomic E-state index is -3.48. The molecule has 1 aliphatic rings. The van der Waals surface area contributed by atoms with Crippen LogP contribution in [0.5, 0.6) is 0 Å². The second-order valence-electron chi connectivity index (χ2n) is 5.99. The summed E-state index contributed by atoms with van der Waals surface area (Å²) in [6, 6.07) is 7.54. The standard InChI is InChI=1S/C17H20N4O4S/c22-16(18-9-13-20-10-3-8-19-17(20)23)14-4-6-15(7-5-14)26(24,25)21-11-1-2-12-21/h3-8,10H,1-2,9,11-13H2,(H,18,22). The van der Waals surface area contributed by atoms with Gasteiger partial charge in [0.05, 0.1) is 4.90 Å². The molecule has 9 heteroatoms. The van der Waals surface area contributed by atoms with Crippen LogP contribution in [-0.4, -0.2) is 47.8 Å². The molecule has 1 aromatic heterocycles. The molecule has 0 saturated carbocycles. The van der Waals surface area contributed by atoms with Crippen molar-refractivity contribution in [2.45, 2.75) is 24.3 Å². The van der Waals surface area contributed by atoms with E-state index in [2.05, 4.69) is 10.3 Å². The monoisotopic (exact) mass is 376 g/mol. The van der Waals surface area contributed by atoms with Crippen LogP contribution >= 0.6 is 0 Å². The smallest absolute Gasteiger partial charge is 0.347 e. The van der Waals surface area contributed by atoms with Crippen molar-refractivity contribution in [1.29, 1.82) is 0 Å². The lowest BCUT2D eigenvalue weighted by Gasteiger charge is -2.15. The van der Waals surface area contributed by atoms with E-state index in [0.717, 1.165) is 12.8 Å². The first-order valence-electron chi connectivity index (χ1n) is 8.38. The lowest BCUT2D eigenvalue weighted by atomic mass is 10.2. The van der Waals surface area contributed by atoms with E-state index in [0.29, 0.717) is 25.2 Å². The van der Waals surface area contributed by atoms with Gasteiger partial charge in [0.1, 0.15) is 0 Å². The Balaban J connectivity index is 1.60. The molecule has 1 N–H and O–H groups in total. The van der Waals surface area contributed by atoms with Gasteiger partial charge in [0.25, 0.3) is 5.91 Å². The molecule has 1 aliphatic heterocycles. The van der Waals surface area contributed by atoms with Crippen LogP contribution in [0.15, 0.2) is 52.4 Å². The quantitative estimate of drug-likeness (QED) is 0.789. The van der Waals surface area contributed by atoms with E-state index in [9.17, 15) is 18.0 Å². The minimum Gasteiger partial charge on any atom is -0.350 e. The van der Waals surface area contributed by atoms with Gasteiger partial charge in [0.2, 0.25) is 10.0 Å². The largest absolute Gasteiger partial charge is 0.350 e. The summed E-state index contributed by atoms with van der Waals surface area (Å²) in [6.45, 7) is 1.65. The summed E-state index contributed by atoms with van der Waals surface area (Å²) < 4.78 is 27.8. The van der Waals surface area contributed by atoms with Crippen molar-refractivity contribution in [3.8, 4) is 0 Å². The molecule has 3 rings (SSSR count). The summed E-state index contributed by atoms with van der Waals surface area (Å²) in [5, 5.41) is 2.70. The van der Waals surface area contributed by atoms with Crippen molar-refractivity contribution in [3.63, 3.8) is 0 Å². The predicted octanol–water partition coefficient (Wildman–Crippen LogP) is 0.458. The van der Waals surface area contributed by atoms with Crippen LogP contribution in [-0.2, 0) is 16.6 Å². The summed E-state index contributed by atoms with van der Waals surface area (Å²) in [7, 11) is -3.48. The lowest BCUT2D eigenvalue weighted by molar-refractivity contribution is 0.0952. The van der Waals surface area contributed by atoms with Crippen molar-refractivity contribution < 1.29 is 13.2 Å². The Kier molecular flexibility index (Phi) is 5.48. The molecular weight excluding hydrogens is 356 g/mol. The Morgan fingerprint density at radius 2 is 1.85 bits per heavy atom. The van der Waals surface area contributed by atoms with Crippen LogP contribution in [0.4, 0.5) is 0 Å². The predicted molar refractivity (Wildman–Crippen MR) is 95.3 cm³/mol. The zero-order chi connectivity index (χ0) is 18.6. The van der Waals surface area contributed by atoms with Gasteiger partial charge in [-0.25, -0.2) is 18.2 Å². The van der Waals surface area contributed by atoms with Gasteiger partial charge < -0.3 is 5.32 Å². The third-order valence-electron chi connectivity index (χ3n) is 4.24. The molecule has 0 spiro atoms. The van der Waals surface area contributed by atoms with E-state index >= 15 is 0 Å². The number of aromatic nitrogens is 2. The molecule has 0 radical (unpaired) electrons. The van der Waals surface area contributed by atoms with E-state index in [1.54, 1.807) is 12.3 Å². The molecule has 26 heavy (non-hydrogen) atoms. The second kappa shape index (κ2) is 7.79. The van der Waals surface area contributed by atoms with E-state index in [4.69, 9.17) is 0 Å². The number of hydrogen-bond acceptors (Lipinski definition) is 5. The first-order valence-corrected chi connectivity index (χ1v) is 9.82. The number of amides is 1. The fourth-order valence-corrected chi connectivity index (χ4v) is 4.32. The van der Waals surface area contributed by atoms with Crippen LogP contribution in [0.1, 0.15) is 23.2 Å². The number of sulfonamides is 1. The SMILES string of the molecule is O=C(NCCn1cccnc1=O)c1ccc(S(=O)(=O)N2CCCC2)cc1.